The molecule has 0 spiro atoms. The van der Waals surface area contributed by atoms with Crippen LogP contribution in [0.4, 0.5) is 26.3 Å². The van der Waals surface area contributed by atoms with Gasteiger partial charge >= 0.3 is 18.3 Å². The average Bonchev–Trinajstić information content (AvgIpc) is 2.76. The molecule has 1 fully saturated rings. The Labute approximate surface area is 186 Å². The first-order valence-corrected chi connectivity index (χ1v) is 10.4. The zero-order valence-electron chi connectivity index (χ0n) is 17.5. The molecule has 0 aromatic heterocycles. The summed E-state index contributed by atoms with van der Waals surface area (Å²) in [5.41, 5.74) is -0.953. The predicted molar refractivity (Wildman–Crippen MR) is 107 cm³/mol. The Morgan fingerprint density at radius 3 is 1.85 bits per heavy atom. The lowest BCUT2D eigenvalue weighted by Crippen LogP contribution is -2.40. The fraction of sp³-hybridized carbons (Fsp3) is 0.435. The third-order valence-corrected chi connectivity index (χ3v) is 5.63. The Bertz CT molecular complexity index is 868. The molecule has 3 rings (SSSR count). The number of hydrogen-bond acceptors (Lipinski definition) is 3. The molecule has 180 valence electrons. The van der Waals surface area contributed by atoms with Crippen LogP contribution in [0, 0.1) is 5.92 Å². The number of alkyl halides is 6. The molecule has 0 amide bonds. The second-order valence-electron chi connectivity index (χ2n) is 7.97. The molecule has 1 heterocycles. The minimum Gasteiger partial charge on any atom is -0.481 e. The van der Waals surface area contributed by atoms with E-state index in [1.807, 2.05) is 4.90 Å². The van der Waals surface area contributed by atoms with E-state index in [4.69, 9.17) is 4.74 Å². The minimum atomic E-state index is -4.52. The highest BCUT2D eigenvalue weighted by molar-refractivity contribution is 5.70. The Hall–Kier alpha value is -2.59. The van der Waals surface area contributed by atoms with Gasteiger partial charge in [-0.25, -0.2) is 0 Å². The van der Waals surface area contributed by atoms with Crippen molar-refractivity contribution in [3.63, 3.8) is 0 Å². The van der Waals surface area contributed by atoms with Crippen molar-refractivity contribution in [3.05, 3.63) is 70.8 Å². The molecule has 10 heteroatoms. The minimum absolute atomic E-state index is 0.124. The van der Waals surface area contributed by atoms with E-state index in [9.17, 15) is 36.2 Å². The summed E-state index contributed by atoms with van der Waals surface area (Å²) in [6.07, 6.45) is -8.60. The Balaban J connectivity index is 1.76. The largest absolute Gasteiger partial charge is 0.481 e. The van der Waals surface area contributed by atoms with Crippen molar-refractivity contribution in [3.8, 4) is 0 Å². The summed E-state index contributed by atoms with van der Waals surface area (Å²) >= 11 is 0. The number of benzene rings is 2. The van der Waals surface area contributed by atoms with Crippen LogP contribution in [0.3, 0.4) is 0 Å². The fourth-order valence-corrected chi connectivity index (χ4v) is 3.84. The summed E-state index contributed by atoms with van der Waals surface area (Å²) in [5, 5.41) is 9.21. The highest BCUT2D eigenvalue weighted by Crippen LogP contribution is 2.34. The summed E-state index contributed by atoms with van der Waals surface area (Å²) in [6.45, 7) is 1.57. The number of likely N-dealkylation sites (tertiary alicyclic amines) is 1. The summed E-state index contributed by atoms with van der Waals surface area (Å²) < 4.78 is 83.4. The number of aliphatic carboxylic acids is 1. The maximum Gasteiger partial charge on any atom is 0.416 e. The first-order valence-electron chi connectivity index (χ1n) is 10.4. The predicted octanol–water partition coefficient (Wildman–Crippen LogP) is 5.63. The second kappa shape index (κ2) is 10.1. The number of nitrogens with zero attached hydrogens (tertiary/aromatic N) is 1. The average molecular weight is 475 g/mol. The number of hydrogen-bond donors (Lipinski definition) is 1. The van der Waals surface area contributed by atoms with Crippen molar-refractivity contribution >= 4 is 5.97 Å². The third kappa shape index (κ3) is 6.70. The second-order valence-corrected chi connectivity index (χ2v) is 7.97. The van der Waals surface area contributed by atoms with E-state index in [2.05, 4.69) is 0 Å². The number of carboxylic acid groups (broad SMARTS) is 1. The van der Waals surface area contributed by atoms with Crippen LogP contribution in [0.15, 0.2) is 48.5 Å². The van der Waals surface area contributed by atoms with Crippen LogP contribution in [-0.4, -0.2) is 42.2 Å². The maximum absolute atomic E-state index is 12.9. The van der Waals surface area contributed by atoms with Crippen LogP contribution >= 0.6 is 0 Å². The molecular weight excluding hydrogens is 452 g/mol. The smallest absolute Gasteiger partial charge is 0.416 e. The van der Waals surface area contributed by atoms with Gasteiger partial charge in [-0.15, -0.1) is 0 Å². The number of rotatable bonds is 7. The number of halogens is 6. The normalized spacial score (nSPS) is 18.0. The molecule has 1 N–H and O–H groups in total. The summed E-state index contributed by atoms with van der Waals surface area (Å²) in [7, 11) is 0. The fourth-order valence-electron chi connectivity index (χ4n) is 3.84. The van der Waals surface area contributed by atoms with Crippen LogP contribution in [0.1, 0.15) is 41.2 Å². The molecule has 2 aromatic rings. The van der Waals surface area contributed by atoms with E-state index in [-0.39, 0.29) is 6.61 Å². The zero-order valence-corrected chi connectivity index (χ0v) is 17.5. The summed E-state index contributed by atoms with van der Waals surface area (Å²) in [6, 6.07) is 8.57. The van der Waals surface area contributed by atoms with E-state index in [1.165, 1.54) is 24.3 Å². The molecule has 1 atom stereocenters. The molecule has 0 aliphatic carbocycles. The number of carbonyl (C=O) groups is 1. The van der Waals surface area contributed by atoms with E-state index >= 15 is 0 Å². The molecule has 0 radical (unpaired) electrons. The van der Waals surface area contributed by atoms with Gasteiger partial charge in [-0.1, -0.05) is 24.3 Å². The molecule has 1 unspecified atom stereocenters. The first kappa shape index (κ1) is 25.0. The number of ether oxygens (including phenoxy) is 1. The van der Waals surface area contributed by atoms with Gasteiger partial charge in [0.1, 0.15) is 6.10 Å². The third-order valence-electron chi connectivity index (χ3n) is 5.63. The van der Waals surface area contributed by atoms with Crippen LogP contribution in [0.25, 0.3) is 0 Å². The van der Waals surface area contributed by atoms with Crippen molar-refractivity contribution in [2.75, 3.05) is 26.2 Å². The van der Waals surface area contributed by atoms with Crippen molar-refractivity contribution in [1.82, 2.24) is 4.90 Å². The molecule has 0 saturated carbocycles. The van der Waals surface area contributed by atoms with Gasteiger partial charge in [-0.3, -0.25) is 4.79 Å². The molecule has 2 aromatic carbocycles. The summed E-state index contributed by atoms with van der Waals surface area (Å²) in [5.74, 6) is -1.34. The SMILES string of the molecule is O=C(O)C1CCCN(CCOC(c2ccc(C(F)(F)F)cc2)c2ccc(C(F)(F)F)cc2)C1. The Morgan fingerprint density at radius 1 is 0.939 bits per heavy atom. The molecule has 1 aliphatic heterocycles. The Kier molecular flexibility index (Phi) is 7.69. The van der Waals surface area contributed by atoms with Gasteiger partial charge in [0, 0.05) is 13.1 Å². The van der Waals surface area contributed by atoms with E-state index in [0.29, 0.717) is 37.2 Å². The van der Waals surface area contributed by atoms with Crippen molar-refractivity contribution in [2.45, 2.75) is 31.3 Å². The van der Waals surface area contributed by atoms with Gasteiger partial charge in [0.05, 0.1) is 23.7 Å². The molecule has 33 heavy (non-hydrogen) atoms. The van der Waals surface area contributed by atoms with Crippen LogP contribution in [0.5, 0.6) is 0 Å². The molecule has 0 bridgehead atoms. The van der Waals surface area contributed by atoms with Crippen molar-refractivity contribution < 1.29 is 41.0 Å². The first-order chi connectivity index (χ1) is 15.4. The van der Waals surface area contributed by atoms with Crippen LogP contribution in [-0.2, 0) is 21.9 Å². The van der Waals surface area contributed by atoms with Gasteiger partial charge in [-0.05, 0) is 54.8 Å². The van der Waals surface area contributed by atoms with Gasteiger partial charge in [-0.2, -0.15) is 26.3 Å². The quantitative estimate of drug-likeness (QED) is 0.528. The standard InChI is InChI=1S/C23H23F6NO3/c24-22(25,26)18-7-3-15(4-8-18)20(16-5-9-19(10-6-16)23(27,28)29)33-13-12-30-11-1-2-17(14-30)21(31)32/h3-10,17,20H,1-2,11-14H2,(H,31,32). The summed E-state index contributed by atoms with van der Waals surface area (Å²) in [4.78, 5) is 13.2. The Morgan fingerprint density at radius 2 is 1.42 bits per heavy atom. The molecule has 4 nitrogen and oxygen atoms in total. The number of carboxylic acids is 1. The highest BCUT2D eigenvalue weighted by Gasteiger charge is 2.32. The van der Waals surface area contributed by atoms with Gasteiger partial charge in [0.15, 0.2) is 0 Å². The van der Waals surface area contributed by atoms with Gasteiger partial charge in [0.25, 0.3) is 0 Å². The van der Waals surface area contributed by atoms with E-state index < -0.39 is 41.5 Å². The lowest BCUT2D eigenvalue weighted by Gasteiger charge is -2.31. The number of piperidine rings is 1. The van der Waals surface area contributed by atoms with Crippen LogP contribution < -0.4 is 0 Å². The topological polar surface area (TPSA) is 49.8 Å². The van der Waals surface area contributed by atoms with E-state index in [0.717, 1.165) is 30.7 Å². The lowest BCUT2D eigenvalue weighted by atomic mass is 9.98. The highest BCUT2D eigenvalue weighted by atomic mass is 19.4. The molecule has 1 aliphatic rings. The molecular formula is C23H23F6NO3. The molecule has 1 saturated heterocycles. The zero-order chi connectivity index (χ0) is 24.2. The van der Waals surface area contributed by atoms with Crippen molar-refractivity contribution in [2.24, 2.45) is 5.92 Å². The monoisotopic (exact) mass is 475 g/mol. The van der Waals surface area contributed by atoms with Gasteiger partial charge < -0.3 is 14.7 Å². The lowest BCUT2D eigenvalue weighted by molar-refractivity contribution is -0.143. The van der Waals surface area contributed by atoms with Crippen molar-refractivity contribution in [1.29, 1.82) is 0 Å². The van der Waals surface area contributed by atoms with Gasteiger partial charge in [0.2, 0.25) is 0 Å². The van der Waals surface area contributed by atoms with Crippen LogP contribution in [0.2, 0.25) is 0 Å². The van der Waals surface area contributed by atoms with E-state index in [1.54, 1.807) is 0 Å². The maximum atomic E-state index is 12.9.